The lowest BCUT2D eigenvalue weighted by Gasteiger charge is -2.39. The van der Waals surface area contributed by atoms with Gasteiger partial charge < -0.3 is 0 Å². The highest BCUT2D eigenvalue weighted by Gasteiger charge is 2.35. The summed E-state index contributed by atoms with van der Waals surface area (Å²) < 4.78 is 0. The normalized spacial score (nSPS) is 22.0. The molecule has 0 heterocycles. The van der Waals surface area contributed by atoms with E-state index in [0.717, 1.165) is 30.6 Å². The lowest BCUT2D eigenvalue weighted by Crippen LogP contribution is -2.26. The smallest absolute Gasteiger partial charge is 0.00275 e. The Bertz CT molecular complexity index is 1660. The van der Waals surface area contributed by atoms with Crippen molar-refractivity contribution in [2.75, 3.05) is 0 Å². The number of allylic oxidation sites excluding steroid dienone is 4. The first-order valence-corrected chi connectivity index (χ1v) is 18.8. The van der Waals surface area contributed by atoms with Gasteiger partial charge in [0, 0.05) is 5.92 Å². The Morgan fingerprint density at radius 2 is 1.47 bits per heavy atom. The summed E-state index contributed by atoms with van der Waals surface area (Å²) in [5, 5.41) is 0. The van der Waals surface area contributed by atoms with Gasteiger partial charge in [0.1, 0.15) is 0 Å². The summed E-state index contributed by atoms with van der Waals surface area (Å²) in [6, 6.07) is 19.1. The second-order valence-electron chi connectivity index (χ2n) is 17.2. The zero-order valence-electron chi connectivity index (χ0n) is 30.9. The van der Waals surface area contributed by atoms with Gasteiger partial charge in [0.2, 0.25) is 0 Å². The van der Waals surface area contributed by atoms with E-state index in [4.69, 9.17) is 0 Å². The fourth-order valence-electron chi connectivity index (χ4n) is 8.70. The molecule has 0 N–H and O–H groups in total. The van der Waals surface area contributed by atoms with E-state index in [1.807, 2.05) is 0 Å². The summed E-state index contributed by atoms with van der Waals surface area (Å²) in [5.41, 5.74) is 19.3. The molecule has 1 atom stereocenters. The molecule has 0 radical (unpaired) electrons. The van der Waals surface area contributed by atoms with Gasteiger partial charge in [0.15, 0.2) is 0 Å². The molecule has 4 aliphatic carbocycles. The fraction of sp³-hybridized carbons (Fsp3) is 0.489. The molecule has 248 valence electrons. The highest BCUT2D eigenvalue weighted by atomic mass is 14.4. The molecule has 7 rings (SSSR count). The fourth-order valence-corrected chi connectivity index (χ4v) is 8.70. The number of aryl methyl sites for hydroxylation is 2. The topological polar surface area (TPSA) is 0 Å². The van der Waals surface area contributed by atoms with Crippen LogP contribution in [0.25, 0.3) is 28.3 Å². The molecule has 0 aromatic heterocycles. The van der Waals surface area contributed by atoms with E-state index in [9.17, 15) is 0 Å². The Kier molecular flexibility index (Phi) is 9.90. The van der Waals surface area contributed by atoms with Crippen molar-refractivity contribution in [1.82, 2.24) is 0 Å². The Balaban J connectivity index is 0.000000720. The van der Waals surface area contributed by atoms with E-state index in [1.54, 1.807) is 16.7 Å². The van der Waals surface area contributed by atoms with Gasteiger partial charge >= 0.3 is 0 Å². The van der Waals surface area contributed by atoms with Crippen LogP contribution in [0.15, 0.2) is 66.8 Å². The third kappa shape index (κ3) is 7.48. The SMILES string of the molecule is C=C(C)Cc1c(C)cc2c(c1-c1ccc(C)cc1)CC(c1ccc3c(c1)C(C1CCC(C4CCC4)CC1)=CC3CC)=C2.CC(C)(C)C. The van der Waals surface area contributed by atoms with Gasteiger partial charge in [-0.15, -0.1) is 0 Å². The maximum absolute atomic E-state index is 4.29. The average molecular weight is 625 g/mol. The van der Waals surface area contributed by atoms with Crippen LogP contribution in [0, 0.1) is 37.0 Å². The molecular weight excluding hydrogens is 565 g/mol. The summed E-state index contributed by atoms with van der Waals surface area (Å²) in [4.78, 5) is 0. The van der Waals surface area contributed by atoms with Crippen molar-refractivity contribution in [3.63, 3.8) is 0 Å². The van der Waals surface area contributed by atoms with Gasteiger partial charge in [0.25, 0.3) is 0 Å². The highest BCUT2D eigenvalue weighted by Crippen LogP contribution is 2.50. The number of benzene rings is 3. The number of hydrogen-bond acceptors (Lipinski definition) is 0. The third-order valence-corrected chi connectivity index (χ3v) is 11.3. The molecule has 47 heavy (non-hydrogen) atoms. The zero-order valence-corrected chi connectivity index (χ0v) is 30.9. The molecule has 2 fully saturated rings. The molecular formula is C47H60. The van der Waals surface area contributed by atoms with Crippen LogP contribution in [0.5, 0.6) is 0 Å². The zero-order chi connectivity index (χ0) is 33.5. The monoisotopic (exact) mass is 624 g/mol. The lowest BCUT2D eigenvalue weighted by atomic mass is 9.67. The van der Waals surface area contributed by atoms with E-state index in [2.05, 4.69) is 123 Å². The summed E-state index contributed by atoms with van der Waals surface area (Å²) in [6.07, 6.45) is 18.5. The predicted octanol–water partition coefficient (Wildman–Crippen LogP) is 13.7. The van der Waals surface area contributed by atoms with Gasteiger partial charge in [-0.2, -0.15) is 0 Å². The van der Waals surface area contributed by atoms with Crippen LogP contribution in [-0.2, 0) is 12.8 Å². The number of fused-ring (bicyclic) bond motifs is 2. The molecule has 3 aromatic carbocycles. The average Bonchev–Trinajstić information content (AvgIpc) is 3.58. The van der Waals surface area contributed by atoms with Crippen LogP contribution in [0.3, 0.4) is 0 Å². The van der Waals surface area contributed by atoms with E-state index in [0.29, 0.717) is 11.3 Å². The van der Waals surface area contributed by atoms with Crippen molar-refractivity contribution in [1.29, 1.82) is 0 Å². The third-order valence-electron chi connectivity index (χ3n) is 11.3. The van der Waals surface area contributed by atoms with Crippen LogP contribution >= 0.6 is 0 Å². The molecule has 3 aromatic rings. The largest absolute Gasteiger partial charge is 0.0998 e. The molecule has 0 amide bonds. The Morgan fingerprint density at radius 3 is 2.06 bits per heavy atom. The summed E-state index contributed by atoms with van der Waals surface area (Å²) in [6.45, 7) is 22.0. The first-order chi connectivity index (χ1) is 22.4. The molecule has 0 bridgehead atoms. The second-order valence-corrected chi connectivity index (χ2v) is 17.2. The molecule has 0 saturated heterocycles. The van der Waals surface area contributed by atoms with Crippen LogP contribution < -0.4 is 0 Å². The molecule has 0 heteroatoms. The van der Waals surface area contributed by atoms with Crippen molar-refractivity contribution < 1.29 is 0 Å². The Hall–Kier alpha value is -3.12. The summed E-state index contributed by atoms with van der Waals surface area (Å²) in [5.74, 6) is 3.39. The van der Waals surface area contributed by atoms with Crippen LogP contribution in [0.4, 0.5) is 0 Å². The second kappa shape index (κ2) is 13.8. The molecule has 0 spiro atoms. The number of rotatable bonds is 7. The maximum atomic E-state index is 4.29. The minimum Gasteiger partial charge on any atom is -0.0998 e. The standard InChI is InChI=1S/C42H48.C5H12/c1-6-29-23-39(32-16-14-31(15-17-32)30-8-7-9-30)41-24-34(18-19-37(29)41)35-22-36-21-28(5)38(20-26(2)3)42(40(36)25-35)33-12-10-27(4)11-13-33;1-5(2,3)4/h10-13,18-19,21-24,29-32H,2,6-9,14-17,20,25H2,1,3-5H3;1-4H3. The van der Waals surface area contributed by atoms with Crippen molar-refractivity contribution in [3.05, 3.63) is 111 Å². The Labute approximate surface area is 287 Å². The minimum absolute atomic E-state index is 0.500. The molecule has 1 unspecified atom stereocenters. The van der Waals surface area contributed by atoms with Crippen molar-refractivity contribution >= 4 is 17.2 Å². The van der Waals surface area contributed by atoms with Crippen molar-refractivity contribution in [2.24, 2.45) is 23.2 Å². The number of hydrogen-bond donors (Lipinski definition) is 0. The van der Waals surface area contributed by atoms with E-state index < -0.39 is 0 Å². The maximum Gasteiger partial charge on any atom is 0.00275 e. The lowest BCUT2D eigenvalue weighted by molar-refractivity contribution is 0.150. The molecule has 2 saturated carbocycles. The summed E-state index contributed by atoms with van der Waals surface area (Å²) >= 11 is 0. The quantitative estimate of drug-likeness (QED) is 0.229. The van der Waals surface area contributed by atoms with Crippen LogP contribution in [0.2, 0.25) is 0 Å². The summed E-state index contributed by atoms with van der Waals surface area (Å²) in [7, 11) is 0. The van der Waals surface area contributed by atoms with Gasteiger partial charge in [-0.3, -0.25) is 0 Å². The minimum atomic E-state index is 0.500. The van der Waals surface area contributed by atoms with Gasteiger partial charge in [-0.05, 0) is 156 Å². The van der Waals surface area contributed by atoms with Crippen molar-refractivity contribution in [2.45, 2.75) is 126 Å². The van der Waals surface area contributed by atoms with E-state index in [1.165, 1.54) is 107 Å². The van der Waals surface area contributed by atoms with Gasteiger partial charge in [-0.25, -0.2) is 0 Å². The van der Waals surface area contributed by atoms with Gasteiger partial charge in [0.05, 0.1) is 0 Å². The molecule has 4 aliphatic rings. The van der Waals surface area contributed by atoms with Crippen LogP contribution in [0.1, 0.15) is 143 Å². The molecule has 0 aliphatic heterocycles. The van der Waals surface area contributed by atoms with Crippen LogP contribution in [-0.4, -0.2) is 0 Å². The first kappa shape index (κ1) is 33.8. The Morgan fingerprint density at radius 1 is 0.830 bits per heavy atom. The predicted molar refractivity (Wildman–Crippen MR) is 207 cm³/mol. The van der Waals surface area contributed by atoms with Gasteiger partial charge in [-0.1, -0.05) is 126 Å². The highest BCUT2D eigenvalue weighted by molar-refractivity contribution is 5.94. The van der Waals surface area contributed by atoms with E-state index in [-0.39, 0.29) is 0 Å². The van der Waals surface area contributed by atoms with Crippen molar-refractivity contribution in [3.8, 4) is 11.1 Å². The first-order valence-electron chi connectivity index (χ1n) is 18.8. The molecule has 0 nitrogen and oxygen atoms in total. The van der Waals surface area contributed by atoms with E-state index >= 15 is 0 Å².